The Morgan fingerprint density at radius 2 is 2.16 bits per heavy atom. The van der Waals surface area contributed by atoms with Crippen LogP contribution in [0.15, 0.2) is 15.3 Å². The van der Waals surface area contributed by atoms with Crippen LogP contribution in [-0.2, 0) is 0 Å². The summed E-state index contributed by atoms with van der Waals surface area (Å²) in [7, 11) is 0. The molecule has 1 fully saturated rings. The topological polar surface area (TPSA) is 54.2 Å². The van der Waals surface area contributed by atoms with Crippen molar-refractivity contribution in [2.24, 2.45) is 0 Å². The molecule has 6 heteroatoms. The van der Waals surface area contributed by atoms with E-state index in [4.69, 9.17) is 4.52 Å². The number of rotatable bonds is 3. The summed E-state index contributed by atoms with van der Waals surface area (Å²) in [6.45, 7) is 8.32. The van der Waals surface area contributed by atoms with Crippen molar-refractivity contribution in [3.63, 3.8) is 0 Å². The predicted octanol–water partition coefficient (Wildman–Crippen LogP) is 2.07. The third-order valence-electron chi connectivity index (χ3n) is 3.60. The van der Waals surface area contributed by atoms with Crippen LogP contribution in [0.1, 0.15) is 24.4 Å². The van der Waals surface area contributed by atoms with Gasteiger partial charge in [-0.1, -0.05) is 5.16 Å². The lowest BCUT2D eigenvalue weighted by molar-refractivity contribution is 0.176. The highest BCUT2D eigenvalue weighted by Crippen LogP contribution is 2.27. The van der Waals surface area contributed by atoms with E-state index in [0.717, 1.165) is 37.6 Å². The Hall–Kier alpha value is -1.24. The highest BCUT2D eigenvalue weighted by molar-refractivity contribution is 7.08. The Morgan fingerprint density at radius 1 is 1.37 bits per heavy atom. The maximum atomic E-state index is 5.41. The van der Waals surface area contributed by atoms with Gasteiger partial charge in [0, 0.05) is 31.6 Å². The molecule has 2 aromatic rings. The molecule has 1 unspecified atom stereocenters. The molecule has 0 bridgehead atoms. The summed E-state index contributed by atoms with van der Waals surface area (Å²) >= 11 is 1.66. The minimum absolute atomic E-state index is 0.207. The monoisotopic (exact) mass is 278 g/mol. The highest BCUT2D eigenvalue weighted by atomic mass is 32.1. The van der Waals surface area contributed by atoms with Gasteiger partial charge in [-0.2, -0.15) is 16.3 Å². The molecule has 0 radical (unpaired) electrons. The summed E-state index contributed by atoms with van der Waals surface area (Å²) in [6.07, 6.45) is 0. The van der Waals surface area contributed by atoms with Crippen LogP contribution in [0.5, 0.6) is 0 Å². The van der Waals surface area contributed by atoms with Crippen molar-refractivity contribution < 1.29 is 4.52 Å². The van der Waals surface area contributed by atoms with Crippen molar-refractivity contribution in [2.75, 3.05) is 26.2 Å². The molecular weight excluding hydrogens is 260 g/mol. The zero-order valence-corrected chi connectivity index (χ0v) is 12.0. The summed E-state index contributed by atoms with van der Waals surface area (Å²) < 4.78 is 5.41. The largest absolute Gasteiger partial charge is 0.334 e. The van der Waals surface area contributed by atoms with E-state index in [0.29, 0.717) is 5.89 Å². The van der Waals surface area contributed by atoms with Gasteiger partial charge in [0.05, 0.1) is 11.6 Å². The van der Waals surface area contributed by atoms with Crippen LogP contribution in [0.3, 0.4) is 0 Å². The van der Waals surface area contributed by atoms with E-state index in [1.165, 1.54) is 5.56 Å². The number of thiophene rings is 1. The number of nitrogens with one attached hydrogen (secondary N) is 1. The van der Waals surface area contributed by atoms with Crippen molar-refractivity contribution in [3.05, 3.63) is 22.1 Å². The zero-order chi connectivity index (χ0) is 13.2. The van der Waals surface area contributed by atoms with Crippen LogP contribution in [-0.4, -0.2) is 41.2 Å². The van der Waals surface area contributed by atoms with Crippen molar-refractivity contribution in [1.29, 1.82) is 0 Å². The molecule has 0 aliphatic carbocycles. The van der Waals surface area contributed by atoms with Gasteiger partial charge < -0.3 is 9.84 Å². The average Bonchev–Trinajstić information content (AvgIpc) is 3.07. The predicted molar refractivity (Wildman–Crippen MR) is 75.2 cm³/mol. The number of piperazine rings is 1. The van der Waals surface area contributed by atoms with Gasteiger partial charge in [-0.15, -0.1) is 0 Å². The van der Waals surface area contributed by atoms with Gasteiger partial charge in [-0.3, -0.25) is 4.90 Å². The van der Waals surface area contributed by atoms with Crippen molar-refractivity contribution in [3.8, 4) is 11.5 Å². The minimum Gasteiger partial charge on any atom is -0.334 e. The van der Waals surface area contributed by atoms with Gasteiger partial charge in [0.15, 0.2) is 5.82 Å². The second-order valence-corrected chi connectivity index (χ2v) is 5.63. The lowest BCUT2D eigenvalue weighted by Gasteiger charge is -2.30. The second kappa shape index (κ2) is 5.40. The first-order valence-corrected chi connectivity index (χ1v) is 7.51. The molecule has 0 saturated carbocycles. The highest BCUT2D eigenvalue weighted by Gasteiger charge is 2.23. The molecule has 0 spiro atoms. The van der Waals surface area contributed by atoms with E-state index in [9.17, 15) is 0 Å². The third kappa shape index (κ3) is 2.56. The van der Waals surface area contributed by atoms with Gasteiger partial charge >= 0.3 is 0 Å². The molecule has 3 heterocycles. The molecule has 3 rings (SSSR count). The van der Waals surface area contributed by atoms with Gasteiger partial charge in [-0.05, 0) is 24.8 Å². The molecule has 1 aliphatic rings. The normalized spacial score (nSPS) is 18.6. The second-order valence-electron chi connectivity index (χ2n) is 4.89. The summed E-state index contributed by atoms with van der Waals surface area (Å²) in [5.74, 6) is 1.42. The quantitative estimate of drug-likeness (QED) is 0.931. The van der Waals surface area contributed by atoms with Crippen LogP contribution in [0.25, 0.3) is 11.5 Å². The molecule has 1 saturated heterocycles. The SMILES string of the molecule is Cc1cscc1-c1nc(C(C)N2CCNCC2)no1. The Bertz CT molecular complexity index is 544. The Labute approximate surface area is 116 Å². The molecule has 102 valence electrons. The van der Waals surface area contributed by atoms with E-state index in [1.807, 2.05) is 0 Å². The molecule has 0 amide bonds. The summed E-state index contributed by atoms with van der Waals surface area (Å²) in [4.78, 5) is 6.94. The summed E-state index contributed by atoms with van der Waals surface area (Å²) in [5, 5.41) is 11.7. The lowest BCUT2D eigenvalue weighted by atomic mass is 10.2. The Morgan fingerprint density at radius 3 is 2.84 bits per heavy atom. The maximum Gasteiger partial charge on any atom is 0.259 e. The standard InChI is InChI=1S/C13H18N4OS/c1-9-7-19-8-11(9)13-15-12(16-18-13)10(2)17-5-3-14-4-6-17/h7-8,10,14H,3-6H2,1-2H3. The number of hydrogen-bond acceptors (Lipinski definition) is 6. The average molecular weight is 278 g/mol. The fraction of sp³-hybridized carbons (Fsp3) is 0.538. The number of aromatic nitrogens is 2. The van der Waals surface area contributed by atoms with E-state index in [1.54, 1.807) is 11.3 Å². The summed E-state index contributed by atoms with van der Waals surface area (Å²) in [6, 6.07) is 0.207. The van der Waals surface area contributed by atoms with Crippen molar-refractivity contribution in [2.45, 2.75) is 19.9 Å². The number of aryl methyl sites for hydroxylation is 1. The van der Waals surface area contributed by atoms with Crippen molar-refractivity contribution in [1.82, 2.24) is 20.4 Å². The zero-order valence-electron chi connectivity index (χ0n) is 11.2. The molecule has 1 aliphatic heterocycles. The summed E-state index contributed by atoms with van der Waals surface area (Å²) in [5.41, 5.74) is 2.24. The fourth-order valence-corrected chi connectivity index (χ4v) is 3.15. The van der Waals surface area contributed by atoms with E-state index < -0.39 is 0 Å². The van der Waals surface area contributed by atoms with Crippen LogP contribution in [0.2, 0.25) is 0 Å². The first kappa shape index (κ1) is 12.8. The maximum absolute atomic E-state index is 5.41. The van der Waals surface area contributed by atoms with E-state index >= 15 is 0 Å². The Kier molecular flexibility index (Phi) is 3.63. The van der Waals surface area contributed by atoms with Crippen LogP contribution in [0.4, 0.5) is 0 Å². The molecule has 2 aromatic heterocycles. The van der Waals surface area contributed by atoms with Crippen LogP contribution >= 0.6 is 11.3 Å². The molecule has 1 N–H and O–H groups in total. The van der Waals surface area contributed by atoms with Gasteiger partial charge in [0.1, 0.15) is 0 Å². The van der Waals surface area contributed by atoms with Gasteiger partial charge in [-0.25, -0.2) is 0 Å². The first-order chi connectivity index (χ1) is 9.25. The number of hydrogen-bond donors (Lipinski definition) is 1. The molecule has 1 atom stereocenters. The van der Waals surface area contributed by atoms with Crippen molar-refractivity contribution >= 4 is 11.3 Å². The first-order valence-electron chi connectivity index (χ1n) is 6.57. The fourth-order valence-electron chi connectivity index (χ4n) is 2.33. The van der Waals surface area contributed by atoms with Gasteiger partial charge in [0.25, 0.3) is 5.89 Å². The molecule has 19 heavy (non-hydrogen) atoms. The van der Waals surface area contributed by atoms with Crippen LogP contribution < -0.4 is 5.32 Å². The van der Waals surface area contributed by atoms with Gasteiger partial charge in [0.2, 0.25) is 0 Å². The van der Waals surface area contributed by atoms with E-state index in [2.05, 4.69) is 45.0 Å². The third-order valence-corrected chi connectivity index (χ3v) is 4.46. The van der Waals surface area contributed by atoms with E-state index in [-0.39, 0.29) is 6.04 Å². The molecule has 5 nitrogen and oxygen atoms in total. The molecular formula is C13H18N4OS. The number of nitrogens with zero attached hydrogens (tertiary/aromatic N) is 3. The Balaban J connectivity index is 1.79. The lowest BCUT2D eigenvalue weighted by Crippen LogP contribution is -2.44. The molecule has 0 aromatic carbocycles. The van der Waals surface area contributed by atoms with Crippen LogP contribution in [0, 0.1) is 6.92 Å². The smallest absolute Gasteiger partial charge is 0.259 e. The minimum atomic E-state index is 0.207.